The number of nitrogens with zero attached hydrogens (tertiary/aromatic N) is 1. The summed E-state index contributed by atoms with van der Waals surface area (Å²) in [7, 11) is -3.81. The summed E-state index contributed by atoms with van der Waals surface area (Å²) in [6.45, 7) is 5.54. The number of esters is 1. The summed E-state index contributed by atoms with van der Waals surface area (Å²) in [5, 5.41) is 9.22. The molecule has 118 valence electrons. The lowest BCUT2D eigenvalue weighted by atomic mass is 10.1. The highest BCUT2D eigenvalue weighted by Gasteiger charge is 2.40. The van der Waals surface area contributed by atoms with E-state index in [-0.39, 0.29) is 25.7 Å². The standard InChI is InChI=1S/C12H24N2O5S/c1-4-19-12(16)11-6-5-7-14(11)20(17,18)13-10(8-15)9(2)3/h9-11,13,15H,4-8H2,1-3H3/t10-,11?/m1/s1. The van der Waals surface area contributed by atoms with Crippen molar-refractivity contribution < 1.29 is 23.1 Å². The fourth-order valence-corrected chi connectivity index (χ4v) is 3.91. The normalized spacial score (nSPS) is 22.1. The third kappa shape index (κ3) is 4.15. The van der Waals surface area contributed by atoms with Crippen LogP contribution in [0.25, 0.3) is 0 Å². The van der Waals surface area contributed by atoms with Crippen LogP contribution in [-0.4, -0.2) is 55.6 Å². The molecule has 0 aromatic rings. The van der Waals surface area contributed by atoms with E-state index in [4.69, 9.17) is 4.74 Å². The zero-order chi connectivity index (χ0) is 15.3. The third-order valence-corrected chi connectivity index (χ3v) is 5.03. The number of ether oxygens (including phenoxy) is 1. The lowest BCUT2D eigenvalue weighted by Crippen LogP contribution is -2.51. The Morgan fingerprint density at radius 2 is 2.15 bits per heavy atom. The maximum Gasteiger partial charge on any atom is 0.324 e. The molecule has 1 aliphatic rings. The van der Waals surface area contributed by atoms with Crippen molar-refractivity contribution in [2.45, 2.75) is 45.7 Å². The molecule has 0 spiro atoms. The van der Waals surface area contributed by atoms with Gasteiger partial charge in [0, 0.05) is 12.6 Å². The second-order valence-corrected chi connectivity index (χ2v) is 6.83. The highest BCUT2D eigenvalue weighted by atomic mass is 32.2. The van der Waals surface area contributed by atoms with Gasteiger partial charge in [0.15, 0.2) is 0 Å². The molecule has 0 saturated carbocycles. The summed E-state index contributed by atoms with van der Waals surface area (Å²) in [5.41, 5.74) is 0. The van der Waals surface area contributed by atoms with Gasteiger partial charge >= 0.3 is 5.97 Å². The maximum absolute atomic E-state index is 12.3. The first kappa shape index (κ1) is 17.4. The summed E-state index contributed by atoms with van der Waals surface area (Å²) in [6.07, 6.45) is 1.08. The number of carbonyl (C=O) groups excluding carboxylic acids is 1. The van der Waals surface area contributed by atoms with Crippen molar-refractivity contribution in [1.29, 1.82) is 0 Å². The van der Waals surface area contributed by atoms with E-state index >= 15 is 0 Å². The molecule has 1 unspecified atom stereocenters. The van der Waals surface area contributed by atoms with Crippen LogP contribution in [-0.2, 0) is 19.7 Å². The van der Waals surface area contributed by atoms with E-state index in [0.29, 0.717) is 12.8 Å². The molecule has 2 atom stereocenters. The third-order valence-electron chi connectivity index (χ3n) is 3.37. The molecule has 1 saturated heterocycles. The topological polar surface area (TPSA) is 95.9 Å². The van der Waals surface area contributed by atoms with Gasteiger partial charge in [-0.2, -0.15) is 17.4 Å². The zero-order valence-corrected chi connectivity index (χ0v) is 13.0. The minimum Gasteiger partial charge on any atom is -0.465 e. The van der Waals surface area contributed by atoms with E-state index in [9.17, 15) is 18.3 Å². The Hall–Kier alpha value is -0.700. The Labute approximate surface area is 120 Å². The molecule has 1 aliphatic heterocycles. The molecular weight excluding hydrogens is 284 g/mol. The van der Waals surface area contributed by atoms with Crippen LogP contribution in [0.4, 0.5) is 0 Å². The van der Waals surface area contributed by atoms with Crippen LogP contribution in [0.3, 0.4) is 0 Å². The molecule has 0 radical (unpaired) electrons. The van der Waals surface area contributed by atoms with Gasteiger partial charge in [-0.25, -0.2) is 0 Å². The van der Waals surface area contributed by atoms with E-state index in [1.54, 1.807) is 6.92 Å². The smallest absolute Gasteiger partial charge is 0.324 e. The van der Waals surface area contributed by atoms with Gasteiger partial charge < -0.3 is 9.84 Å². The quantitative estimate of drug-likeness (QED) is 0.639. The molecule has 0 aromatic carbocycles. The van der Waals surface area contributed by atoms with Gasteiger partial charge in [-0.05, 0) is 25.7 Å². The van der Waals surface area contributed by atoms with E-state index < -0.39 is 28.3 Å². The molecule has 0 amide bonds. The number of aliphatic hydroxyl groups excluding tert-OH is 1. The van der Waals surface area contributed by atoms with Crippen molar-refractivity contribution in [2.75, 3.05) is 19.8 Å². The number of carbonyl (C=O) groups is 1. The highest BCUT2D eigenvalue weighted by molar-refractivity contribution is 7.87. The number of rotatable bonds is 7. The molecule has 0 aliphatic carbocycles. The maximum atomic E-state index is 12.3. The number of nitrogens with one attached hydrogen (secondary N) is 1. The van der Waals surface area contributed by atoms with Crippen LogP contribution < -0.4 is 4.72 Å². The van der Waals surface area contributed by atoms with Crippen molar-refractivity contribution in [3.05, 3.63) is 0 Å². The van der Waals surface area contributed by atoms with Crippen molar-refractivity contribution in [1.82, 2.24) is 9.03 Å². The fourth-order valence-electron chi connectivity index (χ4n) is 2.15. The van der Waals surface area contributed by atoms with Gasteiger partial charge in [-0.3, -0.25) is 4.79 Å². The first-order chi connectivity index (χ1) is 9.33. The van der Waals surface area contributed by atoms with Crippen molar-refractivity contribution in [3.8, 4) is 0 Å². The van der Waals surface area contributed by atoms with Crippen LogP contribution in [0.1, 0.15) is 33.6 Å². The number of aliphatic hydroxyl groups is 1. The van der Waals surface area contributed by atoms with E-state index in [2.05, 4.69) is 4.72 Å². The van der Waals surface area contributed by atoms with Gasteiger partial charge in [0.1, 0.15) is 6.04 Å². The monoisotopic (exact) mass is 308 g/mol. The van der Waals surface area contributed by atoms with Crippen molar-refractivity contribution >= 4 is 16.2 Å². The summed E-state index contributed by atoms with van der Waals surface area (Å²) >= 11 is 0. The van der Waals surface area contributed by atoms with Gasteiger partial charge in [0.05, 0.1) is 13.2 Å². The SMILES string of the molecule is CCOC(=O)C1CCCN1S(=O)(=O)N[C@H](CO)C(C)C. The summed E-state index contributed by atoms with van der Waals surface area (Å²) in [6, 6.07) is -1.33. The van der Waals surface area contributed by atoms with Crippen LogP contribution in [0.5, 0.6) is 0 Å². The zero-order valence-electron chi connectivity index (χ0n) is 12.2. The average molecular weight is 308 g/mol. The predicted molar refractivity (Wildman–Crippen MR) is 74.1 cm³/mol. The largest absolute Gasteiger partial charge is 0.465 e. The first-order valence-electron chi connectivity index (χ1n) is 6.90. The van der Waals surface area contributed by atoms with E-state index in [1.807, 2.05) is 13.8 Å². The average Bonchev–Trinajstić information content (AvgIpc) is 2.86. The molecule has 20 heavy (non-hydrogen) atoms. The van der Waals surface area contributed by atoms with Crippen LogP contribution >= 0.6 is 0 Å². The van der Waals surface area contributed by atoms with Crippen molar-refractivity contribution in [3.63, 3.8) is 0 Å². The molecule has 1 rings (SSSR count). The lowest BCUT2D eigenvalue weighted by molar-refractivity contribution is -0.146. The predicted octanol–water partition coefficient (Wildman–Crippen LogP) is -0.135. The van der Waals surface area contributed by atoms with Crippen LogP contribution in [0.15, 0.2) is 0 Å². The minimum absolute atomic E-state index is 0.0431. The van der Waals surface area contributed by atoms with E-state index in [1.165, 1.54) is 0 Å². The lowest BCUT2D eigenvalue weighted by Gasteiger charge is -2.27. The molecule has 0 aromatic heterocycles. The van der Waals surface area contributed by atoms with Gasteiger partial charge in [-0.15, -0.1) is 0 Å². The molecule has 2 N–H and O–H groups in total. The molecule has 8 heteroatoms. The summed E-state index contributed by atoms with van der Waals surface area (Å²) < 4.78 is 33.1. The molecule has 0 bridgehead atoms. The Morgan fingerprint density at radius 3 is 2.65 bits per heavy atom. The fraction of sp³-hybridized carbons (Fsp3) is 0.917. The molecule has 1 heterocycles. The van der Waals surface area contributed by atoms with Crippen LogP contribution in [0, 0.1) is 5.92 Å². The van der Waals surface area contributed by atoms with E-state index in [0.717, 1.165) is 4.31 Å². The van der Waals surface area contributed by atoms with Gasteiger partial charge in [0.25, 0.3) is 10.2 Å². The minimum atomic E-state index is -3.81. The Kier molecular flexibility index (Phi) is 6.38. The second-order valence-electron chi connectivity index (χ2n) is 5.18. The summed E-state index contributed by atoms with van der Waals surface area (Å²) in [4.78, 5) is 11.8. The molecule has 7 nitrogen and oxygen atoms in total. The van der Waals surface area contributed by atoms with Crippen LogP contribution in [0.2, 0.25) is 0 Å². The second kappa shape index (κ2) is 7.35. The van der Waals surface area contributed by atoms with Gasteiger partial charge in [0.2, 0.25) is 0 Å². The number of hydrogen-bond donors (Lipinski definition) is 2. The van der Waals surface area contributed by atoms with Crippen molar-refractivity contribution in [2.24, 2.45) is 5.92 Å². The Balaban J connectivity index is 2.82. The highest BCUT2D eigenvalue weighted by Crippen LogP contribution is 2.22. The number of hydrogen-bond acceptors (Lipinski definition) is 5. The summed E-state index contributed by atoms with van der Waals surface area (Å²) in [5.74, 6) is -0.557. The first-order valence-corrected chi connectivity index (χ1v) is 8.34. The molecule has 1 fully saturated rings. The Morgan fingerprint density at radius 1 is 1.50 bits per heavy atom. The molecular formula is C12H24N2O5S. The Bertz CT molecular complexity index is 424. The van der Waals surface area contributed by atoms with Gasteiger partial charge in [-0.1, -0.05) is 13.8 Å².